The fraction of sp³-hybridized carbons (Fsp3) is 0.286. The van der Waals surface area contributed by atoms with Crippen LogP contribution in [0.3, 0.4) is 0 Å². The molecule has 0 saturated heterocycles. The minimum atomic E-state index is -6.79. The van der Waals surface area contributed by atoms with Gasteiger partial charge in [-0.05, 0) is 39.0 Å². The largest absolute Gasteiger partial charge is 0.461 e. The molecule has 0 aliphatic carbocycles. The van der Waals surface area contributed by atoms with Crippen molar-refractivity contribution in [2.75, 3.05) is 0 Å². The van der Waals surface area contributed by atoms with Crippen LogP contribution in [0.25, 0.3) is 0 Å². The molecule has 1 aromatic heterocycles. The van der Waals surface area contributed by atoms with Crippen molar-refractivity contribution in [2.45, 2.75) is 28.7 Å². The predicted octanol–water partition coefficient (Wildman–Crippen LogP) is 6.23. The monoisotopic (exact) mass is 561 g/mol. The predicted molar refractivity (Wildman–Crippen MR) is 90.9 cm³/mol. The first-order valence-corrected chi connectivity index (χ1v) is 10.6. The summed E-state index contributed by atoms with van der Waals surface area (Å²) in [6.07, 6.45) is -7.07. The summed E-state index contributed by atoms with van der Waals surface area (Å²) in [4.78, 5) is -0.893. The molecule has 0 fully saturated rings. The van der Waals surface area contributed by atoms with E-state index in [-0.39, 0.29) is 15.4 Å². The summed E-state index contributed by atoms with van der Waals surface area (Å²) < 4.78 is 116. The Morgan fingerprint density at radius 2 is 1.67 bits per heavy atom. The Morgan fingerprint density at radius 1 is 1.07 bits per heavy atom. The molecule has 0 amide bonds. The second-order valence-electron chi connectivity index (χ2n) is 5.12. The first-order chi connectivity index (χ1) is 12.1. The van der Waals surface area contributed by atoms with Crippen LogP contribution in [0.4, 0.5) is 30.7 Å². The fourth-order valence-electron chi connectivity index (χ4n) is 1.99. The number of benzene rings is 1. The number of hydrogen-bond donors (Lipinski definition) is 0. The molecule has 0 spiro atoms. The second kappa shape index (κ2) is 7.30. The van der Waals surface area contributed by atoms with Crippen LogP contribution in [-0.4, -0.2) is 25.8 Å². The highest BCUT2D eigenvalue weighted by Gasteiger charge is 2.78. The van der Waals surface area contributed by atoms with E-state index < -0.39 is 37.6 Å². The summed E-state index contributed by atoms with van der Waals surface area (Å²) in [5, 5.41) is -4.84. The van der Waals surface area contributed by atoms with E-state index in [9.17, 15) is 39.2 Å². The van der Waals surface area contributed by atoms with Gasteiger partial charge < -0.3 is 0 Å². The molecule has 0 saturated carbocycles. The van der Waals surface area contributed by atoms with E-state index in [1.165, 1.54) is 6.07 Å². The van der Waals surface area contributed by atoms with Gasteiger partial charge in [0.05, 0.1) is 4.90 Å². The zero-order chi connectivity index (χ0) is 20.8. The first kappa shape index (κ1) is 22.6. The van der Waals surface area contributed by atoms with Crippen molar-refractivity contribution in [1.82, 2.24) is 0 Å². The molecular formula is C14H6Br2F7O2S2. The lowest BCUT2D eigenvalue weighted by molar-refractivity contribution is -0.332. The van der Waals surface area contributed by atoms with Crippen molar-refractivity contribution in [2.24, 2.45) is 0 Å². The summed E-state index contributed by atoms with van der Waals surface area (Å²) in [5.41, 5.74) is -0.418. The van der Waals surface area contributed by atoms with Gasteiger partial charge in [-0.2, -0.15) is 30.7 Å². The van der Waals surface area contributed by atoms with Gasteiger partial charge in [-0.3, -0.25) is 0 Å². The maximum absolute atomic E-state index is 14.0. The lowest BCUT2D eigenvalue weighted by Crippen LogP contribution is -2.56. The maximum atomic E-state index is 14.0. The van der Waals surface area contributed by atoms with Gasteiger partial charge in [-0.25, -0.2) is 8.42 Å². The zero-order valence-electron chi connectivity index (χ0n) is 12.6. The van der Waals surface area contributed by atoms with E-state index in [1.54, 1.807) is 11.4 Å². The molecular weight excluding hydrogens is 557 g/mol. The van der Waals surface area contributed by atoms with Crippen LogP contribution >= 0.6 is 43.2 Å². The Labute approximate surface area is 169 Å². The van der Waals surface area contributed by atoms with Crippen LogP contribution in [0.15, 0.2) is 37.4 Å². The summed E-state index contributed by atoms with van der Waals surface area (Å²) in [5.74, 6) is -6.79. The van der Waals surface area contributed by atoms with E-state index in [2.05, 4.69) is 37.9 Å². The van der Waals surface area contributed by atoms with Crippen LogP contribution in [-0.2, 0) is 16.3 Å². The maximum Gasteiger partial charge on any atom is 0.461 e. The van der Waals surface area contributed by atoms with Crippen LogP contribution in [0, 0.1) is 6.07 Å². The van der Waals surface area contributed by atoms with Crippen molar-refractivity contribution in [3.63, 3.8) is 0 Å². The molecule has 1 radical (unpaired) electrons. The molecule has 0 aliphatic rings. The molecule has 1 aromatic carbocycles. The zero-order valence-corrected chi connectivity index (χ0v) is 17.4. The van der Waals surface area contributed by atoms with Crippen molar-refractivity contribution >= 4 is 53.0 Å². The summed E-state index contributed by atoms with van der Waals surface area (Å²) >= 11 is 6.78. The molecule has 27 heavy (non-hydrogen) atoms. The lowest BCUT2D eigenvalue weighted by atomic mass is 10.1. The number of rotatable bonds is 5. The average Bonchev–Trinajstić information content (AvgIpc) is 3.01. The number of halogens is 9. The van der Waals surface area contributed by atoms with Gasteiger partial charge in [0, 0.05) is 26.3 Å². The molecule has 0 atom stereocenters. The van der Waals surface area contributed by atoms with Crippen LogP contribution in [0.1, 0.15) is 10.4 Å². The smallest absolute Gasteiger partial charge is 0.217 e. The van der Waals surface area contributed by atoms with E-state index in [0.717, 1.165) is 11.3 Å². The minimum absolute atomic E-state index is 0.171. The first-order valence-electron chi connectivity index (χ1n) is 6.62. The summed E-state index contributed by atoms with van der Waals surface area (Å²) in [6.45, 7) is 0. The van der Waals surface area contributed by atoms with Gasteiger partial charge in [0.2, 0.25) is 0 Å². The molecule has 0 unspecified atom stereocenters. The Kier molecular flexibility index (Phi) is 6.12. The quantitative estimate of drug-likeness (QED) is 0.405. The Bertz CT molecular complexity index is 939. The number of sulfone groups is 1. The van der Waals surface area contributed by atoms with Gasteiger partial charge in [0.1, 0.15) is 0 Å². The Morgan fingerprint density at radius 3 is 2.15 bits per heavy atom. The molecule has 13 heteroatoms. The third kappa shape index (κ3) is 3.92. The molecule has 2 aromatic rings. The normalized spacial score (nSPS) is 13.8. The van der Waals surface area contributed by atoms with Crippen LogP contribution in [0.2, 0.25) is 0 Å². The number of alkyl halides is 7. The molecule has 0 aliphatic heterocycles. The average molecular weight is 563 g/mol. The second-order valence-corrected chi connectivity index (χ2v) is 9.76. The van der Waals surface area contributed by atoms with Crippen molar-refractivity contribution in [3.05, 3.63) is 49.0 Å². The van der Waals surface area contributed by atoms with Gasteiger partial charge in [-0.1, -0.05) is 22.0 Å². The van der Waals surface area contributed by atoms with E-state index in [1.807, 2.05) is 0 Å². The van der Waals surface area contributed by atoms with Gasteiger partial charge in [0.25, 0.3) is 9.84 Å². The third-order valence-corrected chi connectivity index (χ3v) is 7.18. The molecule has 2 nitrogen and oxygen atoms in total. The number of hydrogen-bond acceptors (Lipinski definition) is 3. The fourth-order valence-corrected chi connectivity index (χ4v) is 5.75. The van der Waals surface area contributed by atoms with Crippen molar-refractivity contribution in [3.8, 4) is 0 Å². The summed E-state index contributed by atoms with van der Waals surface area (Å²) in [6, 6.07) is 6.10. The van der Waals surface area contributed by atoms with Gasteiger partial charge >= 0.3 is 17.4 Å². The highest BCUT2D eigenvalue weighted by atomic mass is 79.9. The Hall–Kier alpha value is -0.660. The van der Waals surface area contributed by atoms with Gasteiger partial charge in [0.15, 0.2) is 0 Å². The standard InChI is InChI=1S/C14H6Br2F7O2S2/c15-7-4-10(16)9(6-8-2-1-3-26-8)11(5-7)27(24,25)14(22,23)12(17,18)13(19,20)21/h1-3,5H,6H2. The van der Waals surface area contributed by atoms with Crippen molar-refractivity contribution in [1.29, 1.82) is 0 Å². The van der Waals surface area contributed by atoms with E-state index >= 15 is 0 Å². The topological polar surface area (TPSA) is 34.1 Å². The van der Waals surface area contributed by atoms with Gasteiger partial charge in [-0.15, -0.1) is 11.3 Å². The van der Waals surface area contributed by atoms with E-state index in [0.29, 0.717) is 10.9 Å². The number of thiophene rings is 1. The molecule has 1 heterocycles. The highest BCUT2D eigenvalue weighted by Crippen LogP contribution is 2.51. The Balaban J connectivity index is 2.72. The highest BCUT2D eigenvalue weighted by molar-refractivity contribution is 9.11. The lowest BCUT2D eigenvalue weighted by Gasteiger charge is -2.28. The molecule has 0 bridgehead atoms. The van der Waals surface area contributed by atoms with Crippen LogP contribution < -0.4 is 0 Å². The molecule has 149 valence electrons. The molecule has 2 rings (SSSR count). The third-order valence-electron chi connectivity index (χ3n) is 3.33. The summed E-state index contributed by atoms with van der Waals surface area (Å²) in [7, 11) is -6.44. The van der Waals surface area contributed by atoms with Crippen molar-refractivity contribution < 1.29 is 39.2 Å². The molecule has 0 N–H and O–H groups in total. The van der Waals surface area contributed by atoms with E-state index in [4.69, 9.17) is 0 Å². The SMILES string of the molecule is O=S(=O)(c1cc(Br)[c]c(Br)c1Cc1cccs1)C(F)(F)C(F)(F)C(F)(F)F. The minimum Gasteiger partial charge on any atom is -0.217 e. The van der Waals surface area contributed by atoms with Crippen LogP contribution in [0.5, 0.6) is 0 Å².